The highest BCUT2D eigenvalue weighted by atomic mass is 16.4. The lowest BCUT2D eigenvalue weighted by Crippen LogP contribution is -2.63. The van der Waals surface area contributed by atoms with Gasteiger partial charge in [0.1, 0.15) is 6.10 Å². The molecule has 0 saturated carbocycles. The van der Waals surface area contributed by atoms with E-state index < -0.39 is 30.3 Å². The van der Waals surface area contributed by atoms with E-state index in [2.05, 4.69) is 6.92 Å². The van der Waals surface area contributed by atoms with E-state index in [1.807, 2.05) is 18.2 Å². The van der Waals surface area contributed by atoms with Crippen LogP contribution in [0, 0.1) is 0 Å². The lowest BCUT2D eigenvalue weighted by atomic mass is 9.89. The molecule has 4 unspecified atom stereocenters. The summed E-state index contributed by atoms with van der Waals surface area (Å²) in [6.45, 7) is 1.21. The molecule has 0 saturated heterocycles. The molecular weight excluding hydrogens is 374 g/mol. The zero-order valence-electron chi connectivity index (χ0n) is 17.7. The Bertz CT molecular complexity index is 482. The van der Waals surface area contributed by atoms with Crippen molar-refractivity contribution in [3.8, 4) is 0 Å². The van der Waals surface area contributed by atoms with Gasteiger partial charge >= 0.3 is 5.97 Å². The number of allylic oxidation sites excluding steroid dienone is 2. The molecule has 0 aromatic heterocycles. The summed E-state index contributed by atoms with van der Waals surface area (Å²) in [4.78, 5) is 11.0. The maximum Gasteiger partial charge on any atom is 0.328 e. The van der Waals surface area contributed by atoms with Gasteiger partial charge in [0.2, 0.25) is 0 Å². The summed E-state index contributed by atoms with van der Waals surface area (Å²) >= 11 is 0. The van der Waals surface area contributed by atoms with Crippen molar-refractivity contribution in [1.82, 2.24) is 0 Å². The molecule has 0 rings (SSSR count). The second-order valence-corrected chi connectivity index (χ2v) is 7.71. The second kappa shape index (κ2) is 16.5. The SMILES string of the molecule is CCCCCCC(O)/C=C/CCCCC/C=C/CC(O)C(O)C(N)(CO)C(=O)O. The van der Waals surface area contributed by atoms with Gasteiger partial charge in [-0.05, 0) is 38.5 Å². The van der Waals surface area contributed by atoms with Gasteiger partial charge in [-0.15, -0.1) is 0 Å². The van der Waals surface area contributed by atoms with Crippen LogP contribution >= 0.6 is 0 Å². The van der Waals surface area contributed by atoms with E-state index in [9.17, 15) is 20.1 Å². The molecule has 0 amide bonds. The number of aliphatic carboxylic acids is 1. The fourth-order valence-electron chi connectivity index (χ4n) is 2.94. The maximum absolute atomic E-state index is 11.0. The molecule has 4 atom stereocenters. The Labute approximate surface area is 174 Å². The third-order valence-electron chi connectivity index (χ3n) is 5.05. The normalized spacial score (nSPS) is 17.4. The average molecular weight is 416 g/mol. The highest BCUT2D eigenvalue weighted by molar-refractivity contribution is 5.79. The van der Waals surface area contributed by atoms with Gasteiger partial charge in [0.15, 0.2) is 5.54 Å². The Balaban J connectivity index is 3.84. The lowest BCUT2D eigenvalue weighted by Gasteiger charge is -2.30. The smallest absolute Gasteiger partial charge is 0.328 e. The minimum atomic E-state index is -2.27. The van der Waals surface area contributed by atoms with Crippen LogP contribution < -0.4 is 5.73 Å². The molecule has 0 aromatic rings. The number of nitrogens with two attached hydrogens (primary N) is 1. The predicted octanol–water partition coefficient (Wildman–Crippen LogP) is 2.27. The molecule has 0 bridgehead atoms. The molecule has 170 valence electrons. The first kappa shape index (κ1) is 27.8. The van der Waals surface area contributed by atoms with Crippen molar-refractivity contribution in [1.29, 1.82) is 0 Å². The van der Waals surface area contributed by atoms with Gasteiger partial charge in [0, 0.05) is 0 Å². The third kappa shape index (κ3) is 12.1. The molecule has 29 heavy (non-hydrogen) atoms. The average Bonchev–Trinajstić information content (AvgIpc) is 2.70. The Morgan fingerprint density at radius 1 is 0.966 bits per heavy atom. The lowest BCUT2D eigenvalue weighted by molar-refractivity contribution is -0.154. The van der Waals surface area contributed by atoms with Crippen molar-refractivity contribution >= 4 is 5.97 Å². The Morgan fingerprint density at radius 3 is 2.17 bits per heavy atom. The van der Waals surface area contributed by atoms with E-state index in [1.165, 1.54) is 19.3 Å². The van der Waals surface area contributed by atoms with Crippen LogP contribution in [0.3, 0.4) is 0 Å². The molecule has 0 aliphatic heterocycles. The zero-order chi connectivity index (χ0) is 22.1. The Kier molecular flexibility index (Phi) is 15.8. The second-order valence-electron chi connectivity index (χ2n) is 7.71. The van der Waals surface area contributed by atoms with Gasteiger partial charge in [0.25, 0.3) is 0 Å². The topological polar surface area (TPSA) is 144 Å². The molecule has 0 aliphatic rings. The van der Waals surface area contributed by atoms with Crippen molar-refractivity contribution < 1.29 is 30.3 Å². The molecule has 0 radical (unpaired) electrons. The van der Waals surface area contributed by atoms with Crippen molar-refractivity contribution in [3.63, 3.8) is 0 Å². The predicted molar refractivity (Wildman–Crippen MR) is 114 cm³/mol. The summed E-state index contributed by atoms with van der Waals surface area (Å²) in [6, 6.07) is 0. The van der Waals surface area contributed by atoms with E-state index in [1.54, 1.807) is 6.08 Å². The van der Waals surface area contributed by atoms with Crippen LogP contribution in [0.1, 0.15) is 77.6 Å². The van der Waals surface area contributed by atoms with Gasteiger partial charge in [-0.1, -0.05) is 63.3 Å². The first-order chi connectivity index (χ1) is 13.8. The van der Waals surface area contributed by atoms with Crippen LogP contribution in [0.25, 0.3) is 0 Å². The summed E-state index contributed by atoms with van der Waals surface area (Å²) in [5, 5.41) is 47.6. The number of aliphatic hydroxyl groups is 4. The number of hydrogen-bond donors (Lipinski definition) is 6. The molecule has 7 nitrogen and oxygen atoms in total. The molecule has 0 heterocycles. The van der Waals surface area contributed by atoms with Gasteiger partial charge in [-0.25, -0.2) is 0 Å². The minimum absolute atomic E-state index is 0.0618. The number of unbranched alkanes of at least 4 members (excludes halogenated alkanes) is 7. The van der Waals surface area contributed by atoms with Gasteiger partial charge in [0.05, 0.1) is 18.8 Å². The Hall–Kier alpha value is -1.25. The van der Waals surface area contributed by atoms with E-state index in [4.69, 9.17) is 15.9 Å². The fraction of sp³-hybridized carbons (Fsp3) is 0.773. The van der Waals surface area contributed by atoms with Gasteiger partial charge < -0.3 is 31.3 Å². The molecule has 0 aliphatic carbocycles. The molecule has 7 N–H and O–H groups in total. The maximum atomic E-state index is 11.0. The molecule has 7 heteroatoms. The first-order valence-corrected chi connectivity index (χ1v) is 10.8. The van der Waals surface area contributed by atoms with Crippen LogP contribution in [0.2, 0.25) is 0 Å². The van der Waals surface area contributed by atoms with Crippen molar-refractivity contribution in [2.75, 3.05) is 6.61 Å². The van der Waals surface area contributed by atoms with Crippen LogP contribution in [-0.2, 0) is 4.79 Å². The number of hydrogen-bond acceptors (Lipinski definition) is 6. The first-order valence-electron chi connectivity index (χ1n) is 10.8. The number of aliphatic hydroxyl groups excluding tert-OH is 4. The van der Waals surface area contributed by atoms with E-state index in [-0.39, 0.29) is 12.5 Å². The van der Waals surface area contributed by atoms with Crippen LogP contribution in [-0.4, -0.2) is 62.0 Å². The van der Waals surface area contributed by atoms with Gasteiger partial charge in [-0.2, -0.15) is 0 Å². The fourth-order valence-corrected chi connectivity index (χ4v) is 2.94. The third-order valence-corrected chi connectivity index (χ3v) is 5.05. The standard InChI is InChI=1S/C22H41NO6/c1-2-3-4-11-14-18(25)15-12-9-7-5-6-8-10-13-16-19(26)20(27)22(23,17-24)21(28)29/h10,12-13,15,18-20,24-27H,2-9,11,14,16-17,23H2,1H3,(H,28,29)/b13-10+,15-12+. The minimum Gasteiger partial charge on any atom is -0.480 e. The summed E-state index contributed by atoms with van der Waals surface area (Å²) in [6.07, 6.45) is 14.4. The molecule has 0 fully saturated rings. The summed E-state index contributed by atoms with van der Waals surface area (Å²) < 4.78 is 0. The highest BCUT2D eigenvalue weighted by Crippen LogP contribution is 2.14. The highest BCUT2D eigenvalue weighted by Gasteiger charge is 2.44. The summed E-state index contributed by atoms with van der Waals surface area (Å²) in [7, 11) is 0. The van der Waals surface area contributed by atoms with E-state index >= 15 is 0 Å². The van der Waals surface area contributed by atoms with Crippen molar-refractivity contribution in [2.45, 2.75) is 101 Å². The Morgan fingerprint density at radius 2 is 1.59 bits per heavy atom. The van der Waals surface area contributed by atoms with Gasteiger partial charge in [-0.3, -0.25) is 4.79 Å². The number of rotatable bonds is 18. The quantitative estimate of drug-likeness (QED) is 0.149. The van der Waals surface area contributed by atoms with E-state index in [0.717, 1.165) is 44.9 Å². The summed E-state index contributed by atoms with van der Waals surface area (Å²) in [5.41, 5.74) is 3.17. The number of carboxylic acid groups (broad SMARTS) is 1. The van der Waals surface area contributed by atoms with Crippen LogP contribution in [0.5, 0.6) is 0 Å². The molecular formula is C22H41NO6. The van der Waals surface area contributed by atoms with Crippen molar-refractivity contribution in [3.05, 3.63) is 24.3 Å². The monoisotopic (exact) mass is 415 g/mol. The number of carboxylic acids is 1. The molecule has 0 spiro atoms. The van der Waals surface area contributed by atoms with Crippen LogP contribution in [0.4, 0.5) is 0 Å². The largest absolute Gasteiger partial charge is 0.480 e. The van der Waals surface area contributed by atoms with Crippen LogP contribution in [0.15, 0.2) is 24.3 Å². The zero-order valence-corrected chi connectivity index (χ0v) is 17.7. The molecule has 0 aromatic carbocycles. The van der Waals surface area contributed by atoms with E-state index in [0.29, 0.717) is 0 Å². The van der Waals surface area contributed by atoms with Crippen molar-refractivity contribution in [2.24, 2.45) is 5.73 Å². The summed E-state index contributed by atoms with van der Waals surface area (Å²) in [5.74, 6) is -1.56. The number of carbonyl (C=O) groups is 1.